The van der Waals surface area contributed by atoms with Gasteiger partial charge in [-0.3, -0.25) is 19.2 Å². The van der Waals surface area contributed by atoms with Gasteiger partial charge in [-0.05, 0) is 5.56 Å². The summed E-state index contributed by atoms with van der Waals surface area (Å²) < 4.78 is 32.6. The standard InChI is InChI=1S/C21H26O10/c1-12(22)26-11-17-18(28-13(2)23)19(29-14(3)24)20(30-15(4)25)21(31-17)27-10-16-8-6-5-7-9-16/h5-9,17-21H,10-11H2,1-4H3/t17-,18+,19+,20+,21+/m1/s1. The Bertz CT molecular complexity index is 778. The average Bonchev–Trinajstić information content (AvgIpc) is 2.68. The summed E-state index contributed by atoms with van der Waals surface area (Å²) in [5.41, 5.74) is 0.815. The maximum absolute atomic E-state index is 11.8. The van der Waals surface area contributed by atoms with E-state index < -0.39 is 54.6 Å². The third-order valence-corrected chi connectivity index (χ3v) is 4.21. The monoisotopic (exact) mass is 438 g/mol. The number of esters is 4. The summed E-state index contributed by atoms with van der Waals surface area (Å²) in [6.45, 7) is 4.49. The van der Waals surface area contributed by atoms with Crippen molar-refractivity contribution < 1.29 is 47.6 Å². The fraction of sp³-hybridized carbons (Fsp3) is 0.524. The van der Waals surface area contributed by atoms with Crippen molar-refractivity contribution in [3.8, 4) is 0 Å². The molecule has 0 unspecified atom stereocenters. The molecular formula is C21H26O10. The Labute approximate surface area is 179 Å². The number of hydrogen-bond acceptors (Lipinski definition) is 10. The SMILES string of the molecule is CC(=O)OC[C@H]1O[C@H](OCc2ccccc2)[C@@H](OC(C)=O)[C@@H](OC(C)=O)[C@H]1OC(C)=O. The molecule has 0 aliphatic carbocycles. The predicted octanol–water partition coefficient (Wildman–Crippen LogP) is 1.29. The first kappa shape index (κ1) is 24.3. The molecular weight excluding hydrogens is 412 g/mol. The van der Waals surface area contributed by atoms with Crippen LogP contribution in [0.4, 0.5) is 0 Å². The van der Waals surface area contributed by atoms with E-state index in [1.807, 2.05) is 30.3 Å². The Hall–Kier alpha value is -2.98. The zero-order chi connectivity index (χ0) is 23.0. The molecule has 1 aromatic carbocycles. The zero-order valence-electron chi connectivity index (χ0n) is 17.8. The fourth-order valence-electron chi connectivity index (χ4n) is 3.08. The maximum atomic E-state index is 11.8. The molecule has 0 bridgehead atoms. The van der Waals surface area contributed by atoms with Crippen LogP contribution in [0.3, 0.4) is 0 Å². The van der Waals surface area contributed by atoms with Crippen molar-refractivity contribution in [2.45, 2.75) is 65.0 Å². The summed E-state index contributed by atoms with van der Waals surface area (Å²) in [6.07, 6.45) is -5.92. The van der Waals surface area contributed by atoms with Gasteiger partial charge >= 0.3 is 23.9 Å². The number of carbonyl (C=O) groups is 4. The van der Waals surface area contributed by atoms with E-state index in [2.05, 4.69) is 0 Å². The van der Waals surface area contributed by atoms with E-state index in [0.29, 0.717) is 0 Å². The summed E-state index contributed by atoms with van der Waals surface area (Å²) in [5, 5.41) is 0. The Kier molecular flexibility index (Phi) is 8.95. The molecule has 1 fully saturated rings. The number of ether oxygens (including phenoxy) is 6. The van der Waals surface area contributed by atoms with E-state index in [-0.39, 0.29) is 13.2 Å². The van der Waals surface area contributed by atoms with E-state index in [0.717, 1.165) is 19.4 Å². The van der Waals surface area contributed by atoms with Crippen LogP contribution in [0.5, 0.6) is 0 Å². The molecule has 2 rings (SSSR count). The van der Waals surface area contributed by atoms with Crippen LogP contribution in [0.2, 0.25) is 0 Å². The predicted molar refractivity (Wildman–Crippen MR) is 103 cm³/mol. The van der Waals surface area contributed by atoms with Crippen LogP contribution in [0, 0.1) is 0 Å². The maximum Gasteiger partial charge on any atom is 0.303 e. The van der Waals surface area contributed by atoms with Gasteiger partial charge in [-0.1, -0.05) is 30.3 Å². The summed E-state index contributed by atoms with van der Waals surface area (Å²) in [6, 6.07) is 9.14. The van der Waals surface area contributed by atoms with Crippen molar-refractivity contribution in [1.29, 1.82) is 0 Å². The van der Waals surface area contributed by atoms with Crippen LogP contribution in [0.1, 0.15) is 33.3 Å². The van der Waals surface area contributed by atoms with E-state index in [9.17, 15) is 19.2 Å². The highest BCUT2D eigenvalue weighted by molar-refractivity contribution is 5.68. The summed E-state index contributed by atoms with van der Waals surface area (Å²) in [7, 11) is 0. The third kappa shape index (κ3) is 7.65. The Morgan fingerprint density at radius 2 is 1.32 bits per heavy atom. The van der Waals surface area contributed by atoms with Crippen LogP contribution < -0.4 is 0 Å². The average molecular weight is 438 g/mol. The van der Waals surface area contributed by atoms with Gasteiger partial charge in [0.25, 0.3) is 0 Å². The van der Waals surface area contributed by atoms with Gasteiger partial charge in [0.05, 0.1) is 6.61 Å². The summed E-state index contributed by atoms with van der Waals surface area (Å²) in [5.74, 6) is -2.66. The first-order valence-electron chi connectivity index (χ1n) is 9.63. The summed E-state index contributed by atoms with van der Waals surface area (Å²) in [4.78, 5) is 46.5. The highest BCUT2D eigenvalue weighted by Gasteiger charge is 2.52. The van der Waals surface area contributed by atoms with Crippen LogP contribution in [0.15, 0.2) is 30.3 Å². The van der Waals surface area contributed by atoms with Gasteiger partial charge in [0.15, 0.2) is 24.6 Å². The molecule has 10 heteroatoms. The molecule has 0 amide bonds. The Morgan fingerprint density at radius 1 is 0.774 bits per heavy atom. The van der Waals surface area contributed by atoms with E-state index in [1.165, 1.54) is 13.8 Å². The second kappa shape index (κ2) is 11.4. The lowest BCUT2D eigenvalue weighted by molar-refractivity contribution is -0.310. The lowest BCUT2D eigenvalue weighted by Crippen LogP contribution is -2.62. The van der Waals surface area contributed by atoms with Gasteiger partial charge in [0, 0.05) is 27.7 Å². The van der Waals surface area contributed by atoms with Crippen molar-refractivity contribution in [2.75, 3.05) is 6.61 Å². The number of hydrogen-bond donors (Lipinski definition) is 0. The van der Waals surface area contributed by atoms with Gasteiger partial charge in [-0.15, -0.1) is 0 Å². The third-order valence-electron chi connectivity index (χ3n) is 4.21. The normalized spacial score (nSPS) is 25.2. The van der Waals surface area contributed by atoms with Crippen molar-refractivity contribution >= 4 is 23.9 Å². The molecule has 1 aliphatic rings. The van der Waals surface area contributed by atoms with E-state index >= 15 is 0 Å². The molecule has 170 valence electrons. The quantitative estimate of drug-likeness (QED) is 0.433. The zero-order valence-corrected chi connectivity index (χ0v) is 17.8. The smallest absolute Gasteiger partial charge is 0.303 e. The van der Waals surface area contributed by atoms with Gasteiger partial charge in [-0.25, -0.2) is 0 Å². The minimum Gasteiger partial charge on any atom is -0.463 e. The lowest BCUT2D eigenvalue weighted by Gasteiger charge is -2.44. The minimum atomic E-state index is -1.25. The van der Waals surface area contributed by atoms with E-state index in [4.69, 9.17) is 28.4 Å². The molecule has 10 nitrogen and oxygen atoms in total. The molecule has 1 saturated heterocycles. The minimum absolute atomic E-state index is 0.0918. The first-order valence-corrected chi connectivity index (χ1v) is 9.63. The van der Waals surface area contributed by atoms with Gasteiger partial charge < -0.3 is 28.4 Å². The van der Waals surface area contributed by atoms with Gasteiger partial charge in [0.2, 0.25) is 0 Å². The van der Waals surface area contributed by atoms with Crippen LogP contribution in [-0.4, -0.2) is 61.2 Å². The number of benzene rings is 1. The van der Waals surface area contributed by atoms with Crippen LogP contribution in [0.25, 0.3) is 0 Å². The van der Waals surface area contributed by atoms with Crippen molar-refractivity contribution in [2.24, 2.45) is 0 Å². The molecule has 5 atom stereocenters. The molecule has 0 spiro atoms. The molecule has 1 heterocycles. The topological polar surface area (TPSA) is 124 Å². The van der Waals surface area contributed by atoms with Crippen LogP contribution >= 0.6 is 0 Å². The lowest BCUT2D eigenvalue weighted by atomic mass is 9.98. The van der Waals surface area contributed by atoms with Crippen molar-refractivity contribution in [3.63, 3.8) is 0 Å². The van der Waals surface area contributed by atoms with Crippen LogP contribution in [-0.2, 0) is 54.2 Å². The van der Waals surface area contributed by atoms with Crippen molar-refractivity contribution in [1.82, 2.24) is 0 Å². The molecule has 0 aromatic heterocycles. The number of carbonyl (C=O) groups excluding carboxylic acids is 4. The summed E-state index contributed by atoms with van der Waals surface area (Å²) >= 11 is 0. The van der Waals surface area contributed by atoms with Gasteiger partial charge in [0.1, 0.15) is 12.7 Å². The fourth-order valence-corrected chi connectivity index (χ4v) is 3.08. The Balaban J connectivity index is 2.35. The van der Waals surface area contributed by atoms with E-state index in [1.54, 1.807) is 0 Å². The molecule has 1 aliphatic heterocycles. The van der Waals surface area contributed by atoms with Crippen molar-refractivity contribution in [3.05, 3.63) is 35.9 Å². The molecule has 1 aromatic rings. The van der Waals surface area contributed by atoms with Gasteiger partial charge in [-0.2, -0.15) is 0 Å². The second-order valence-electron chi connectivity index (χ2n) is 6.86. The Morgan fingerprint density at radius 3 is 1.87 bits per heavy atom. The largest absolute Gasteiger partial charge is 0.463 e. The molecule has 0 radical (unpaired) electrons. The number of rotatable bonds is 8. The highest BCUT2D eigenvalue weighted by atomic mass is 16.7. The molecule has 0 saturated carbocycles. The molecule has 31 heavy (non-hydrogen) atoms. The first-order chi connectivity index (χ1) is 14.7. The molecule has 0 N–H and O–H groups in total. The second-order valence-corrected chi connectivity index (χ2v) is 6.86. The highest BCUT2D eigenvalue weighted by Crippen LogP contribution is 2.30.